The number of hydrogen-bond acceptors (Lipinski definition) is 5. The molecule has 0 aromatic rings. The minimum absolute atomic E-state index is 0.000371. The van der Waals surface area contributed by atoms with Crippen LogP contribution in [0.25, 0.3) is 0 Å². The normalized spacial score (nSPS) is 10.3. The van der Waals surface area contributed by atoms with E-state index in [0.29, 0.717) is 25.9 Å². The van der Waals surface area contributed by atoms with Gasteiger partial charge in [-0.3, -0.25) is 9.59 Å². The van der Waals surface area contributed by atoms with E-state index >= 15 is 0 Å². The SMILES string of the molecule is CC(=O)CN(CCCO)C(=O)CNCCCO. The van der Waals surface area contributed by atoms with Gasteiger partial charge in [-0.25, -0.2) is 0 Å². The van der Waals surface area contributed by atoms with Gasteiger partial charge < -0.3 is 20.4 Å². The molecule has 0 unspecified atom stereocenters. The molecule has 0 aromatic carbocycles. The zero-order chi connectivity index (χ0) is 13.1. The van der Waals surface area contributed by atoms with Crippen LogP contribution in [0.5, 0.6) is 0 Å². The van der Waals surface area contributed by atoms with E-state index in [1.54, 1.807) is 0 Å². The van der Waals surface area contributed by atoms with Crippen molar-refractivity contribution in [1.29, 1.82) is 0 Å². The van der Waals surface area contributed by atoms with E-state index in [4.69, 9.17) is 10.2 Å². The maximum atomic E-state index is 11.7. The van der Waals surface area contributed by atoms with Crippen LogP contribution >= 0.6 is 0 Å². The van der Waals surface area contributed by atoms with Crippen molar-refractivity contribution < 1.29 is 19.8 Å². The lowest BCUT2D eigenvalue weighted by atomic mass is 10.3. The Morgan fingerprint density at radius 3 is 2.35 bits per heavy atom. The summed E-state index contributed by atoms with van der Waals surface area (Å²) in [7, 11) is 0. The van der Waals surface area contributed by atoms with E-state index in [9.17, 15) is 9.59 Å². The standard InChI is InChI=1S/C11H22N2O4/c1-10(16)9-13(5-3-7-15)11(17)8-12-4-2-6-14/h12,14-15H,2-9H2,1H3. The molecular formula is C11H22N2O4. The molecule has 6 nitrogen and oxygen atoms in total. The highest BCUT2D eigenvalue weighted by Crippen LogP contribution is 1.93. The van der Waals surface area contributed by atoms with Gasteiger partial charge in [0.1, 0.15) is 5.78 Å². The number of ketones is 1. The second-order valence-corrected chi connectivity index (χ2v) is 3.85. The number of carbonyl (C=O) groups excluding carboxylic acids is 2. The smallest absolute Gasteiger partial charge is 0.236 e. The molecule has 0 fully saturated rings. The Labute approximate surface area is 102 Å². The van der Waals surface area contributed by atoms with Gasteiger partial charge in [-0.15, -0.1) is 0 Å². The molecule has 0 spiro atoms. The fraction of sp³-hybridized carbons (Fsp3) is 0.818. The number of rotatable bonds is 10. The summed E-state index contributed by atoms with van der Waals surface area (Å²) >= 11 is 0. The molecule has 0 aromatic heterocycles. The zero-order valence-corrected chi connectivity index (χ0v) is 10.3. The van der Waals surface area contributed by atoms with Gasteiger partial charge in [-0.2, -0.15) is 0 Å². The number of nitrogens with zero attached hydrogens (tertiary/aromatic N) is 1. The molecule has 6 heteroatoms. The molecule has 0 radical (unpaired) electrons. The summed E-state index contributed by atoms with van der Waals surface area (Å²) in [5.74, 6) is -0.238. The fourth-order valence-corrected chi connectivity index (χ4v) is 1.33. The molecule has 100 valence electrons. The van der Waals surface area contributed by atoms with Crippen LogP contribution in [0.3, 0.4) is 0 Å². The van der Waals surface area contributed by atoms with Gasteiger partial charge in [0.25, 0.3) is 0 Å². The molecule has 0 aliphatic rings. The van der Waals surface area contributed by atoms with E-state index < -0.39 is 0 Å². The van der Waals surface area contributed by atoms with Crippen molar-refractivity contribution in [3.63, 3.8) is 0 Å². The summed E-state index contributed by atoms with van der Waals surface area (Å²) in [6.07, 6.45) is 1.06. The Morgan fingerprint density at radius 1 is 1.18 bits per heavy atom. The molecule has 0 heterocycles. The first-order valence-corrected chi connectivity index (χ1v) is 5.81. The van der Waals surface area contributed by atoms with Crippen molar-refractivity contribution in [3.8, 4) is 0 Å². The van der Waals surface area contributed by atoms with Crippen LogP contribution in [0.1, 0.15) is 19.8 Å². The Hall–Kier alpha value is -0.980. The van der Waals surface area contributed by atoms with Crippen LogP contribution in [0.4, 0.5) is 0 Å². The Balaban J connectivity index is 3.98. The third kappa shape index (κ3) is 8.79. The summed E-state index contributed by atoms with van der Waals surface area (Å²) in [6.45, 7) is 2.70. The molecule has 1 amide bonds. The molecule has 0 bridgehead atoms. The monoisotopic (exact) mass is 246 g/mol. The first kappa shape index (κ1) is 16.0. The largest absolute Gasteiger partial charge is 0.396 e. The Morgan fingerprint density at radius 2 is 1.82 bits per heavy atom. The average molecular weight is 246 g/mol. The van der Waals surface area contributed by atoms with Gasteiger partial charge in [0.15, 0.2) is 0 Å². The summed E-state index contributed by atoms with van der Waals surface area (Å²) in [4.78, 5) is 24.1. The molecule has 0 atom stereocenters. The average Bonchev–Trinajstić information content (AvgIpc) is 2.29. The molecule has 0 aliphatic carbocycles. The van der Waals surface area contributed by atoms with Crippen LogP contribution < -0.4 is 5.32 Å². The van der Waals surface area contributed by atoms with E-state index in [0.717, 1.165) is 0 Å². The van der Waals surface area contributed by atoms with Crippen molar-refractivity contribution in [2.45, 2.75) is 19.8 Å². The maximum absolute atomic E-state index is 11.7. The lowest BCUT2D eigenvalue weighted by Gasteiger charge is -2.21. The fourth-order valence-electron chi connectivity index (χ4n) is 1.33. The number of aliphatic hydroxyl groups is 2. The molecule has 0 saturated heterocycles. The second kappa shape index (κ2) is 10.2. The number of carbonyl (C=O) groups is 2. The number of amides is 1. The summed E-state index contributed by atoms with van der Waals surface area (Å²) in [5.41, 5.74) is 0. The predicted octanol–water partition coefficient (Wildman–Crippen LogP) is -1.24. The van der Waals surface area contributed by atoms with Gasteiger partial charge in [0, 0.05) is 19.8 Å². The van der Waals surface area contributed by atoms with Crippen LogP contribution in [0, 0.1) is 0 Å². The minimum atomic E-state index is -0.161. The third-order valence-electron chi connectivity index (χ3n) is 2.14. The molecule has 0 rings (SSSR count). The molecule has 0 aliphatic heterocycles. The number of nitrogens with one attached hydrogen (secondary N) is 1. The number of Topliss-reactive ketones (excluding diaryl/α,β-unsaturated/α-hetero) is 1. The van der Waals surface area contributed by atoms with E-state index in [2.05, 4.69) is 5.32 Å². The van der Waals surface area contributed by atoms with Gasteiger partial charge in [-0.05, 0) is 26.3 Å². The number of aliphatic hydroxyl groups excluding tert-OH is 2. The summed E-state index contributed by atoms with van der Waals surface area (Å²) in [6, 6.07) is 0. The van der Waals surface area contributed by atoms with Crippen LogP contribution in [0.15, 0.2) is 0 Å². The van der Waals surface area contributed by atoms with Crippen molar-refractivity contribution >= 4 is 11.7 Å². The van der Waals surface area contributed by atoms with Gasteiger partial charge in [-0.1, -0.05) is 0 Å². The highest BCUT2D eigenvalue weighted by Gasteiger charge is 2.13. The molecular weight excluding hydrogens is 224 g/mol. The van der Waals surface area contributed by atoms with Gasteiger partial charge >= 0.3 is 0 Å². The lowest BCUT2D eigenvalue weighted by Crippen LogP contribution is -2.41. The second-order valence-electron chi connectivity index (χ2n) is 3.85. The lowest BCUT2D eigenvalue weighted by molar-refractivity contribution is -0.134. The molecule has 17 heavy (non-hydrogen) atoms. The van der Waals surface area contributed by atoms with E-state index in [1.165, 1.54) is 11.8 Å². The Kier molecular flexibility index (Phi) is 9.60. The highest BCUT2D eigenvalue weighted by atomic mass is 16.3. The van der Waals surface area contributed by atoms with Crippen LogP contribution in [-0.4, -0.2) is 66.2 Å². The van der Waals surface area contributed by atoms with Gasteiger partial charge in [0.05, 0.1) is 13.1 Å². The number of hydrogen-bond donors (Lipinski definition) is 3. The first-order valence-electron chi connectivity index (χ1n) is 5.81. The topological polar surface area (TPSA) is 89.9 Å². The van der Waals surface area contributed by atoms with Gasteiger partial charge in [0.2, 0.25) is 5.91 Å². The zero-order valence-electron chi connectivity index (χ0n) is 10.3. The minimum Gasteiger partial charge on any atom is -0.396 e. The van der Waals surface area contributed by atoms with E-state index in [-0.39, 0.29) is 38.0 Å². The quantitative estimate of drug-likeness (QED) is 0.419. The third-order valence-corrected chi connectivity index (χ3v) is 2.14. The maximum Gasteiger partial charge on any atom is 0.236 e. The predicted molar refractivity (Wildman–Crippen MR) is 63.5 cm³/mol. The van der Waals surface area contributed by atoms with E-state index in [1.807, 2.05) is 0 Å². The molecule has 0 saturated carbocycles. The summed E-state index contributed by atoms with van der Waals surface area (Å²) < 4.78 is 0. The van der Waals surface area contributed by atoms with Crippen molar-refractivity contribution in [2.24, 2.45) is 0 Å². The molecule has 3 N–H and O–H groups in total. The Bertz CT molecular complexity index is 234. The highest BCUT2D eigenvalue weighted by molar-refractivity contribution is 5.85. The van der Waals surface area contributed by atoms with Crippen molar-refractivity contribution in [1.82, 2.24) is 10.2 Å². The summed E-state index contributed by atoms with van der Waals surface area (Å²) in [5, 5.41) is 20.2. The van der Waals surface area contributed by atoms with Crippen molar-refractivity contribution in [2.75, 3.05) is 39.4 Å². The van der Waals surface area contributed by atoms with Crippen LogP contribution in [-0.2, 0) is 9.59 Å². The van der Waals surface area contributed by atoms with Crippen molar-refractivity contribution in [3.05, 3.63) is 0 Å². The first-order chi connectivity index (χ1) is 8.11. The van der Waals surface area contributed by atoms with Crippen LogP contribution in [0.2, 0.25) is 0 Å².